The molecule has 5 nitrogen and oxygen atoms in total. The van der Waals surface area contributed by atoms with Crippen molar-refractivity contribution in [2.24, 2.45) is 11.8 Å². The van der Waals surface area contributed by atoms with Crippen molar-refractivity contribution in [3.8, 4) is 0 Å². The smallest absolute Gasteiger partial charge is 0.161 e. The molecule has 0 aliphatic carbocycles. The van der Waals surface area contributed by atoms with Gasteiger partial charge in [0.05, 0.1) is 17.0 Å². The maximum absolute atomic E-state index is 11.7. The molecule has 0 bridgehead atoms. The van der Waals surface area contributed by atoms with Gasteiger partial charge in [-0.3, -0.25) is 9.40 Å². The van der Waals surface area contributed by atoms with Crippen molar-refractivity contribution in [1.82, 2.24) is 19.8 Å². The lowest BCUT2D eigenvalue weighted by Crippen LogP contribution is -2.36. The van der Waals surface area contributed by atoms with Gasteiger partial charge in [-0.2, -0.15) is 8.98 Å². The first-order valence-corrected chi connectivity index (χ1v) is 17.8. The van der Waals surface area contributed by atoms with E-state index in [9.17, 15) is 3.89 Å². The first kappa shape index (κ1) is 38.3. The van der Waals surface area contributed by atoms with E-state index < -0.39 is 9.39 Å². The maximum Gasteiger partial charge on any atom is 0.161 e. The highest BCUT2D eigenvalue weighted by molar-refractivity contribution is 8.26. The number of allylic oxidation sites excluding steroid dienone is 5. The van der Waals surface area contributed by atoms with Gasteiger partial charge in [0.25, 0.3) is 0 Å². The summed E-state index contributed by atoms with van der Waals surface area (Å²) in [6.07, 6.45) is 6.02. The summed E-state index contributed by atoms with van der Waals surface area (Å²) in [4.78, 5) is 1.76. The highest BCUT2D eigenvalue weighted by Gasteiger charge is 2.26. The van der Waals surface area contributed by atoms with E-state index in [1.165, 1.54) is 22.9 Å². The van der Waals surface area contributed by atoms with E-state index in [2.05, 4.69) is 108 Å². The lowest BCUT2D eigenvalue weighted by Gasteiger charge is -2.37. The fourth-order valence-corrected chi connectivity index (χ4v) is 7.35. The van der Waals surface area contributed by atoms with Crippen LogP contribution in [0.4, 0.5) is 9.70 Å². The second-order valence-corrected chi connectivity index (χ2v) is 14.3. The fourth-order valence-electron chi connectivity index (χ4n) is 4.84. The molecule has 1 fully saturated rings. The summed E-state index contributed by atoms with van der Waals surface area (Å²) in [6.45, 7) is 27.2. The molecule has 0 radical (unpaired) electrons. The molecule has 2 aromatic rings. The van der Waals surface area contributed by atoms with E-state index in [0.717, 1.165) is 60.0 Å². The van der Waals surface area contributed by atoms with Gasteiger partial charge in [0, 0.05) is 43.0 Å². The molecular formula is C35H56FN5S2. The van der Waals surface area contributed by atoms with Crippen LogP contribution in [-0.4, -0.2) is 52.9 Å². The number of anilines is 1. The quantitative estimate of drug-likeness (QED) is 0.171. The number of aryl methyl sites for hydroxylation is 2. The summed E-state index contributed by atoms with van der Waals surface area (Å²) in [6, 6.07) is 8.44. The van der Waals surface area contributed by atoms with Gasteiger partial charge in [0.1, 0.15) is 0 Å². The molecule has 1 aromatic carbocycles. The van der Waals surface area contributed by atoms with Crippen molar-refractivity contribution in [2.75, 3.05) is 32.0 Å². The van der Waals surface area contributed by atoms with Crippen LogP contribution in [-0.2, 0) is 0 Å². The molecule has 0 spiro atoms. The fraction of sp³-hybridized carbons (Fsp3) is 0.457. The SMILES string of the molecule is C=C(/C=C(/NCC1CCN(S(=C)(=C)c2c(NC)n[nH]c2C)CC1)C(C)C)c1ccccc1C.C=CC(SF)=C(C)C.CC. The average molecular weight is 630 g/mol. The topological polar surface area (TPSA) is 56.0 Å². The standard InChI is InChI=1S/C27H41N5S.C6H9FS.C2H6/c1-19(2)25(17-21(4)24-12-10-9-11-20(24)3)29-18-23-13-15-32(16-14-23)33(7,8)26-22(5)30-31-27(26)28-6;1-4-6(8-7)5(2)3;1-2/h9-12,17,19,23,29H,4,7-8,13-16,18H2,1-3,5-6H3,(H2,28,30,31);4H,1H2,2-3H3;1-2H3/b25-17+;;. The molecule has 8 heteroatoms. The minimum Gasteiger partial charge on any atom is -0.388 e. The molecule has 2 heterocycles. The summed E-state index contributed by atoms with van der Waals surface area (Å²) >= 11 is 0.240. The Morgan fingerprint density at radius 3 is 2.26 bits per heavy atom. The number of H-pyrrole nitrogens is 1. The monoisotopic (exact) mass is 629 g/mol. The van der Waals surface area contributed by atoms with E-state index in [0.29, 0.717) is 16.7 Å². The maximum atomic E-state index is 11.7. The molecule has 0 saturated carbocycles. The molecular weight excluding hydrogens is 574 g/mol. The van der Waals surface area contributed by atoms with Crippen LogP contribution < -0.4 is 10.6 Å². The first-order valence-electron chi connectivity index (χ1n) is 15.1. The van der Waals surface area contributed by atoms with Crippen LogP contribution in [0.15, 0.2) is 70.6 Å². The zero-order valence-electron chi connectivity index (χ0n) is 28.1. The van der Waals surface area contributed by atoms with Gasteiger partial charge in [-0.05, 0) is 75.1 Å². The van der Waals surface area contributed by atoms with E-state index in [1.807, 2.05) is 34.7 Å². The van der Waals surface area contributed by atoms with Crippen molar-refractivity contribution < 1.29 is 3.89 Å². The van der Waals surface area contributed by atoms with Crippen molar-refractivity contribution in [2.45, 2.75) is 73.1 Å². The third-order valence-electron chi connectivity index (χ3n) is 7.37. The van der Waals surface area contributed by atoms with Crippen LogP contribution >= 0.6 is 21.5 Å². The molecule has 3 rings (SSSR count). The lowest BCUT2D eigenvalue weighted by atomic mass is 9.96. The zero-order chi connectivity index (χ0) is 32.7. The van der Waals surface area contributed by atoms with E-state index in [-0.39, 0.29) is 12.1 Å². The van der Waals surface area contributed by atoms with Crippen LogP contribution in [0.5, 0.6) is 0 Å². The molecule has 0 unspecified atom stereocenters. The molecule has 0 amide bonds. The van der Waals surface area contributed by atoms with Gasteiger partial charge in [-0.15, -0.1) is 9.39 Å². The van der Waals surface area contributed by atoms with E-state index in [4.69, 9.17) is 0 Å². The molecule has 1 aliphatic heterocycles. The number of nitrogens with zero attached hydrogens (tertiary/aromatic N) is 2. The van der Waals surface area contributed by atoms with Gasteiger partial charge in [0.15, 0.2) is 5.82 Å². The van der Waals surface area contributed by atoms with Crippen LogP contribution in [0.3, 0.4) is 0 Å². The Morgan fingerprint density at radius 2 is 1.79 bits per heavy atom. The molecule has 1 aromatic heterocycles. The number of halogens is 1. The Bertz CT molecular complexity index is 1340. The Labute approximate surface area is 267 Å². The predicted molar refractivity (Wildman–Crippen MR) is 197 cm³/mol. The number of aromatic nitrogens is 2. The summed E-state index contributed by atoms with van der Waals surface area (Å²) in [5, 5.41) is 14.4. The number of hydrogen-bond donors (Lipinski definition) is 3. The highest BCUT2D eigenvalue weighted by atomic mass is 32.2. The van der Waals surface area contributed by atoms with Gasteiger partial charge < -0.3 is 10.6 Å². The van der Waals surface area contributed by atoms with Crippen LogP contribution in [0.2, 0.25) is 0 Å². The third-order valence-corrected chi connectivity index (χ3v) is 10.7. The van der Waals surface area contributed by atoms with Crippen LogP contribution in [0, 0.1) is 25.7 Å². The number of nitrogens with one attached hydrogen (secondary N) is 3. The third kappa shape index (κ3) is 11.1. The van der Waals surface area contributed by atoms with Gasteiger partial charge in [0.2, 0.25) is 0 Å². The van der Waals surface area contributed by atoms with Gasteiger partial charge in [-0.25, -0.2) is 0 Å². The second kappa shape index (κ2) is 18.9. The summed E-state index contributed by atoms with van der Waals surface area (Å²) < 4.78 is 14.2. The zero-order valence-corrected chi connectivity index (χ0v) is 29.7. The second-order valence-electron chi connectivity index (χ2n) is 11.1. The van der Waals surface area contributed by atoms with Crippen molar-refractivity contribution in [3.05, 3.63) is 82.6 Å². The summed E-state index contributed by atoms with van der Waals surface area (Å²) in [7, 11) is 0.326. The lowest BCUT2D eigenvalue weighted by molar-refractivity contribution is 0.285. The molecule has 240 valence electrons. The summed E-state index contributed by atoms with van der Waals surface area (Å²) in [5.41, 5.74) is 6.82. The Morgan fingerprint density at radius 1 is 1.19 bits per heavy atom. The number of rotatable bonds is 11. The summed E-state index contributed by atoms with van der Waals surface area (Å²) in [5.74, 6) is 11.1. The Hall–Kier alpha value is -2.68. The normalized spacial score (nSPS) is 14.2. The Balaban J connectivity index is 0.000000801. The number of hydrogen-bond acceptors (Lipinski definition) is 5. The molecule has 43 heavy (non-hydrogen) atoms. The highest BCUT2D eigenvalue weighted by Crippen LogP contribution is 2.43. The van der Waals surface area contributed by atoms with E-state index >= 15 is 0 Å². The minimum atomic E-state index is -1.58. The number of benzene rings is 1. The van der Waals surface area contributed by atoms with Crippen molar-refractivity contribution in [1.29, 1.82) is 0 Å². The molecule has 1 saturated heterocycles. The van der Waals surface area contributed by atoms with Gasteiger partial charge >= 0.3 is 0 Å². The van der Waals surface area contributed by atoms with Crippen molar-refractivity contribution in [3.63, 3.8) is 0 Å². The van der Waals surface area contributed by atoms with E-state index in [1.54, 1.807) is 0 Å². The first-order chi connectivity index (χ1) is 20.4. The Kier molecular flexibility index (Phi) is 16.8. The average Bonchev–Trinajstić information content (AvgIpc) is 3.38. The van der Waals surface area contributed by atoms with Gasteiger partial charge in [-0.1, -0.05) is 88.5 Å². The van der Waals surface area contributed by atoms with Crippen LogP contribution in [0.25, 0.3) is 5.57 Å². The van der Waals surface area contributed by atoms with Crippen LogP contribution in [0.1, 0.15) is 71.2 Å². The predicted octanol–water partition coefficient (Wildman–Crippen LogP) is 9.68. The molecule has 3 N–H and O–H groups in total. The molecule has 1 aliphatic rings. The number of piperidine rings is 1. The molecule has 0 atom stereocenters. The number of aromatic amines is 1. The van der Waals surface area contributed by atoms with Crippen molar-refractivity contribution >= 4 is 44.7 Å². The largest absolute Gasteiger partial charge is 0.388 e. The minimum absolute atomic E-state index is 0.240.